The lowest BCUT2D eigenvalue weighted by Crippen LogP contribution is -2.06. The van der Waals surface area contributed by atoms with Gasteiger partial charge in [0.05, 0.1) is 11.8 Å². The van der Waals surface area contributed by atoms with E-state index in [1.807, 2.05) is 0 Å². The number of hydrogen-bond acceptors (Lipinski definition) is 3. The summed E-state index contributed by atoms with van der Waals surface area (Å²) >= 11 is 0. The SMILES string of the molecule is Cc1c(/C(O)=C/C(=O)C(F)F)cnn1C. The second-order valence-corrected chi connectivity index (χ2v) is 3.00. The van der Waals surface area contributed by atoms with Crippen molar-refractivity contribution < 1.29 is 18.7 Å². The molecule has 6 heteroatoms. The highest BCUT2D eigenvalue weighted by molar-refractivity contribution is 5.97. The lowest BCUT2D eigenvalue weighted by atomic mass is 10.2. The van der Waals surface area contributed by atoms with Crippen LogP contribution in [0.15, 0.2) is 12.3 Å². The summed E-state index contributed by atoms with van der Waals surface area (Å²) < 4.78 is 25.2. The quantitative estimate of drug-likeness (QED) is 0.614. The van der Waals surface area contributed by atoms with Gasteiger partial charge in [0.25, 0.3) is 6.43 Å². The van der Waals surface area contributed by atoms with Gasteiger partial charge < -0.3 is 5.11 Å². The zero-order valence-corrected chi connectivity index (χ0v) is 8.24. The number of carbonyl (C=O) groups excluding carboxylic acids is 1. The Labute approximate surface area is 84.8 Å². The Morgan fingerprint density at radius 1 is 1.67 bits per heavy atom. The van der Waals surface area contributed by atoms with Crippen molar-refractivity contribution >= 4 is 11.5 Å². The summed E-state index contributed by atoms with van der Waals surface area (Å²) in [4.78, 5) is 10.6. The number of nitrogens with zero attached hydrogens (tertiary/aromatic N) is 2. The number of carbonyl (C=O) groups is 1. The van der Waals surface area contributed by atoms with Crippen LogP contribution in [0.4, 0.5) is 8.78 Å². The van der Waals surface area contributed by atoms with E-state index in [4.69, 9.17) is 0 Å². The van der Waals surface area contributed by atoms with Gasteiger partial charge in [0.2, 0.25) is 5.78 Å². The van der Waals surface area contributed by atoms with E-state index >= 15 is 0 Å². The Morgan fingerprint density at radius 3 is 2.67 bits per heavy atom. The summed E-state index contributed by atoms with van der Waals surface area (Å²) in [6, 6.07) is 0. The zero-order chi connectivity index (χ0) is 11.6. The minimum absolute atomic E-state index is 0.270. The van der Waals surface area contributed by atoms with Gasteiger partial charge in [-0.05, 0) is 6.92 Å². The van der Waals surface area contributed by atoms with E-state index in [-0.39, 0.29) is 5.56 Å². The van der Waals surface area contributed by atoms with Gasteiger partial charge in [-0.3, -0.25) is 9.48 Å². The number of aliphatic hydroxyl groups is 1. The van der Waals surface area contributed by atoms with E-state index in [0.29, 0.717) is 11.8 Å². The first-order valence-corrected chi connectivity index (χ1v) is 4.15. The molecule has 0 atom stereocenters. The summed E-state index contributed by atoms with van der Waals surface area (Å²) in [5.41, 5.74) is 0.859. The predicted octanol–water partition coefficient (Wildman–Crippen LogP) is 1.46. The molecule has 0 unspecified atom stereocenters. The largest absolute Gasteiger partial charge is 0.507 e. The number of allylic oxidation sites excluding steroid dienone is 1. The first-order valence-electron chi connectivity index (χ1n) is 4.15. The highest BCUT2D eigenvalue weighted by Crippen LogP contribution is 2.15. The maximum absolute atomic E-state index is 11.9. The van der Waals surface area contributed by atoms with Crippen molar-refractivity contribution in [1.82, 2.24) is 9.78 Å². The summed E-state index contributed by atoms with van der Waals surface area (Å²) in [6.45, 7) is 1.65. The van der Waals surface area contributed by atoms with Crippen LogP contribution in [-0.4, -0.2) is 27.1 Å². The van der Waals surface area contributed by atoms with Crippen molar-refractivity contribution in [3.05, 3.63) is 23.5 Å². The standard InChI is InChI=1S/C9H10F2N2O2/c1-5-6(4-12-13(5)2)7(14)3-8(15)9(10)11/h3-4,9,14H,1-2H3/b7-3-. The number of halogens is 2. The molecular formula is C9H10F2N2O2. The topological polar surface area (TPSA) is 55.1 Å². The number of aryl methyl sites for hydroxylation is 1. The average molecular weight is 216 g/mol. The summed E-state index contributed by atoms with van der Waals surface area (Å²) in [6.07, 6.45) is -1.29. The summed E-state index contributed by atoms with van der Waals surface area (Å²) in [5, 5.41) is 13.2. The van der Waals surface area contributed by atoms with E-state index in [2.05, 4.69) is 5.10 Å². The minimum atomic E-state index is -3.11. The molecule has 0 saturated heterocycles. The van der Waals surface area contributed by atoms with Crippen LogP contribution in [0.5, 0.6) is 0 Å². The summed E-state index contributed by atoms with van der Waals surface area (Å²) in [5.74, 6) is -1.92. The van der Waals surface area contributed by atoms with Crippen molar-refractivity contribution in [3.63, 3.8) is 0 Å². The lowest BCUT2D eigenvalue weighted by molar-refractivity contribution is -0.124. The van der Waals surface area contributed by atoms with Crippen molar-refractivity contribution in [3.8, 4) is 0 Å². The van der Waals surface area contributed by atoms with Crippen LogP contribution in [0.2, 0.25) is 0 Å². The van der Waals surface area contributed by atoms with E-state index in [1.54, 1.807) is 14.0 Å². The van der Waals surface area contributed by atoms with Crippen molar-refractivity contribution in [2.75, 3.05) is 0 Å². The molecule has 1 rings (SSSR count). The van der Waals surface area contributed by atoms with Gasteiger partial charge in [-0.25, -0.2) is 8.78 Å². The van der Waals surface area contributed by atoms with E-state index < -0.39 is 18.0 Å². The van der Waals surface area contributed by atoms with Gasteiger partial charge in [0.1, 0.15) is 5.76 Å². The number of alkyl halides is 2. The minimum Gasteiger partial charge on any atom is -0.507 e. The molecule has 1 N–H and O–H groups in total. The monoisotopic (exact) mass is 216 g/mol. The van der Waals surface area contributed by atoms with Gasteiger partial charge in [0.15, 0.2) is 0 Å². The molecule has 0 aliphatic rings. The number of aromatic nitrogens is 2. The molecule has 0 aliphatic heterocycles. The number of ketones is 1. The fraction of sp³-hybridized carbons (Fsp3) is 0.333. The second-order valence-electron chi connectivity index (χ2n) is 3.00. The molecule has 0 radical (unpaired) electrons. The fourth-order valence-corrected chi connectivity index (χ4v) is 1.03. The third-order valence-electron chi connectivity index (χ3n) is 2.01. The molecule has 0 aliphatic carbocycles. The van der Waals surface area contributed by atoms with Gasteiger partial charge in [-0.15, -0.1) is 0 Å². The molecule has 0 saturated carbocycles. The number of hydrogen-bond donors (Lipinski definition) is 1. The number of aliphatic hydroxyl groups excluding tert-OH is 1. The number of rotatable bonds is 3. The van der Waals surface area contributed by atoms with E-state index in [1.165, 1.54) is 10.9 Å². The third kappa shape index (κ3) is 2.39. The van der Waals surface area contributed by atoms with Gasteiger partial charge >= 0.3 is 0 Å². The molecule has 1 aromatic heterocycles. The van der Waals surface area contributed by atoms with Crippen LogP contribution in [0.1, 0.15) is 11.3 Å². The molecule has 4 nitrogen and oxygen atoms in total. The Hall–Kier alpha value is -1.72. The van der Waals surface area contributed by atoms with Crippen molar-refractivity contribution in [2.45, 2.75) is 13.3 Å². The molecule has 0 aromatic carbocycles. The molecule has 82 valence electrons. The van der Waals surface area contributed by atoms with Crippen LogP contribution >= 0.6 is 0 Å². The van der Waals surface area contributed by atoms with Gasteiger partial charge in [-0.2, -0.15) is 5.10 Å². The van der Waals surface area contributed by atoms with E-state index in [9.17, 15) is 18.7 Å². The Balaban J connectivity index is 2.99. The smallest absolute Gasteiger partial charge is 0.300 e. The molecule has 15 heavy (non-hydrogen) atoms. The third-order valence-corrected chi connectivity index (χ3v) is 2.01. The van der Waals surface area contributed by atoms with Crippen molar-refractivity contribution in [1.29, 1.82) is 0 Å². The van der Waals surface area contributed by atoms with Crippen LogP contribution < -0.4 is 0 Å². The molecule has 0 bridgehead atoms. The second kappa shape index (κ2) is 4.20. The van der Waals surface area contributed by atoms with Crippen LogP contribution in [0.25, 0.3) is 5.76 Å². The Kier molecular flexibility index (Phi) is 3.18. The van der Waals surface area contributed by atoms with Crippen LogP contribution in [0, 0.1) is 6.92 Å². The Morgan fingerprint density at radius 2 is 2.27 bits per heavy atom. The molecule has 1 heterocycles. The first-order chi connectivity index (χ1) is 6.93. The summed E-state index contributed by atoms with van der Waals surface area (Å²) in [7, 11) is 1.64. The first kappa shape index (κ1) is 11.4. The molecule has 0 fully saturated rings. The Bertz CT molecular complexity index is 410. The van der Waals surface area contributed by atoms with Crippen molar-refractivity contribution in [2.24, 2.45) is 7.05 Å². The average Bonchev–Trinajstić information content (AvgIpc) is 2.47. The highest BCUT2D eigenvalue weighted by Gasteiger charge is 2.15. The maximum Gasteiger partial charge on any atom is 0.300 e. The molecular weight excluding hydrogens is 206 g/mol. The normalized spacial score (nSPS) is 12.2. The van der Waals surface area contributed by atoms with Crippen LogP contribution in [-0.2, 0) is 11.8 Å². The molecule has 0 amide bonds. The maximum atomic E-state index is 11.9. The predicted molar refractivity (Wildman–Crippen MR) is 49.6 cm³/mol. The van der Waals surface area contributed by atoms with Crippen LogP contribution in [0.3, 0.4) is 0 Å². The lowest BCUT2D eigenvalue weighted by Gasteiger charge is -1.99. The fourth-order valence-electron chi connectivity index (χ4n) is 1.03. The van der Waals surface area contributed by atoms with Gasteiger partial charge in [-0.1, -0.05) is 0 Å². The van der Waals surface area contributed by atoms with E-state index in [0.717, 1.165) is 0 Å². The molecule has 1 aromatic rings. The molecule has 0 spiro atoms. The zero-order valence-electron chi connectivity index (χ0n) is 8.24. The van der Waals surface area contributed by atoms with Gasteiger partial charge in [0, 0.05) is 18.8 Å². The highest BCUT2D eigenvalue weighted by atomic mass is 19.3.